The Morgan fingerprint density at radius 2 is 1.56 bits per heavy atom. The summed E-state index contributed by atoms with van der Waals surface area (Å²) in [6, 6.07) is 15.8. The Balaban J connectivity index is 1.52. The van der Waals surface area contributed by atoms with E-state index in [-0.39, 0.29) is 25.5 Å². The van der Waals surface area contributed by atoms with Crippen LogP contribution in [0.5, 0.6) is 11.5 Å². The van der Waals surface area contributed by atoms with E-state index in [0.717, 1.165) is 41.7 Å². The Morgan fingerprint density at radius 3 is 2.29 bits per heavy atom. The molecule has 0 spiro atoms. The number of urea groups is 1. The molecule has 6 rings (SSSR count). The molecule has 0 bridgehead atoms. The molecule has 3 aliphatic heterocycles. The van der Waals surface area contributed by atoms with E-state index in [0.29, 0.717) is 0 Å². The average molecular weight is 518 g/mol. The quantitative estimate of drug-likeness (QED) is 0.212. The first-order valence-corrected chi connectivity index (χ1v) is 12.6. The second-order valence-corrected chi connectivity index (χ2v) is 11.3. The fraction of sp³-hybridized carbons (Fsp3) is 0.192. The molecule has 170 valence electrons. The molecule has 1 aromatic heterocycles. The number of barbiturate groups is 1. The van der Waals surface area contributed by atoms with Gasteiger partial charge < -0.3 is 0 Å². The van der Waals surface area contributed by atoms with Crippen molar-refractivity contribution < 1.29 is 19.1 Å². The molecule has 4 amide bonds. The third kappa shape index (κ3) is 2.67. The SMILES string of the molecule is CN1C(=O)C(=Cc2cc3c([se]2)N2c4ccccc4C(C)(C)c4cccc(c42)O3)C(=O)N(C)C1=O. The fourth-order valence-corrected chi connectivity index (χ4v) is 7.13. The van der Waals surface area contributed by atoms with Gasteiger partial charge in [-0.15, -0.1) is 0 Å². The molecule has 4 heterocycles. The zero-order valence-electron chi connectivity index (χ0n) is 19.1. The van der Waals surface area contributed by atoms with E-state index in [2.05, 4.69) is 43.0 Å². The average Bonchev–Trinajstić information content (AvgIpc) is 3.24. The van der Waals surface area contributed by atoms with Gasteiger partial charge in [-0.1, -0.05) is 0 Å². The van der Waals surface area contributed by atoms with E-state index < -0.39 is 17.8 Å². The molecule has 7 nitrogen and oxygen atoms in total. The van der Waals surface area contributed by atoms with E-state index in [1.54, 1.807) is 6.08 Å². The van der Waals surface area contributed by atoms with E-state index in [1.165, 1.54) is 25.2 Å². The Labute approximate surface area is 202 Å². The summed E-state index contributed by atoms with van der Waals surface area (Å²) in [6.45, 7) is 4.45. The van der Waals surface area contributed by atoms with Crippen LogP contribution in [0.1, 0.15) is 29.4 Å². The fourth-order valence-electron chi connectivity index (χ4n) is 4.93. The zero-order valence-corrected chi connectivity index (χ0v) is 20.8. The van der Waals surface area contributed by atoms with Gasteiger partial charge in [-0.05, 0) is 0 Å². The first-order chi connectivity index (χ1) is 16.2. The van der Waals surface area contributed by atoms with Gasteiger partial charge in [-0.3, -0.25) is 0 Å². The number of likely N-dealkylation sites (N-methyl/N-ethyl adjacent to an activating group) is 2. The van der Waals surface area contributed by atoms with Crippen LogP contribution in [0.25, 0.3) is 6.08 Å². The monoisotopic (exact) mass is 519 g/mol. The van der Waals surface area contributed by atoms with E-state index in [1.807, 2.05) is 24.3 Å². The van der Waals surface area contributed by atoms with Crippen molar-refractivity contribution >= 4 is 54.4 Å². The molecule has 0 saturated carbocycles. The van der Waals surface area contributed by atoms with Crippen molar-refractivity contribution in [2.24, 2.45) is 0 Å². The summed E-state index contributed by atoms with van der Waals surface area (Å²) in [5.74, 6) is 0.326. The molecule has 0 aliphatic carbocycles. The molecule has 0 N–H and O–H groups in total. The molecular formula is C26H21N3O4Se. The summed E-state index contributed by atoms with van der Waals surface area (Å²) >= 11 is -0.221. The molecule has 8 heteroatoms. The van der Waals surface area contributed by atoms with Crippen LogP contribution in [0.15, 0.2) is 54.1 Å². The standard InChI is InChI=1S/C26H21N3O4Se/c1-26(2)16-8-5-6-10-18(16)29-21-17(26)9-7-11-19(21)33-20-13-14(34-24(20)29)12-15-22(30)27(3)25(32)28(4)23(15)31/h5-13H,1-4H3. The van der Waals surface area contributed by atoms with Crippen LogP contribution in [0.3, 0.4) is 0 Å². The number of para-hydroxylation sites is 2. The van der Waals surface area contributed by atoms with E-state index in [9.17, 15) is 14.4 Å². The van der Waals surface area contributed by atoms with Crippen molar-refractivity contribution in [3.05, 3.63) is 69.7 Å². The maximum atomic E-state index is 12.7. The number of anilines is 3. The number of fused-ring (bicyclic) bond motifs is 4. The maximum absolute atomic E-state index is 12.7. The molecule has 2 aromatic carbocycles. The summed E-state index contributed by atoms with van der Waals surface area (Å²) < 4.78 is 8.21. The van der Waals surface area contributed by atoms with Crippen molar-refractivity contribution in [2.75, 3.05) is 19.0 Å². The van der Waals surface area contributed by atoms with E-state index in [4.69, 9.17) is 4.74 Å². The number of amides is 4. The van der Waals surface area contributed by atoms with Gasteiger partial charge in [0.1, 0.15) is 0 Å². The first-order valence-electron chi connectivity index (χ1n) is 10.9. The van der Waals surface area contributed by atoms with Gasteiger partial charge in [-0.25, -0.2) is 0 Å². The van der Waals surface area contributed by atoms with Gasteiger partial charge in [0, 0.05) is 0 Å². The van der Waals surface area contributed by atoms with Crippen molar-refractivity contribution in [1.82, 2.24) is 9.80 Å². The van der Waals surface area contributed by atoms with Gasteiger partial charge in [0.2, 0.25) is 0 Å². The van der Waals surface area contributed by atoms with Crippen LogP contribution >= 0.6 is 0 Å². The Hall–Kier alpha value is -3.61. The Kier molecular flexibility index (Phi) is 4.28. The van der Waals surface area contributed by atoms with Crippen LogP contribution in [0.4, 0.5) is 20.7 Å². The van der Waals surface area contributed by atoms with Crippen molar-refractivity contribution in [1.29, 1.82) is 0 Å². The molecule has 3 aliphatic rings. The number of carbonyl (C=O) groups is 3. The second-order valence-electron chi connectivity index (χ2n) is 9.12. The van der Waals surface area contributed by atoms with Gasteiger partial charge in [0.25, 0.3) is 0 Å². The summed E-state index contributed by atoms with van der Waals surface area (Å²) in [5, 5.41) is 0. The second kappa shape index (κ2) is 6.95. The van der Waals surface area contributed by atoms with Crippen molar-refractivity contribution in [3.8, 4) is 11.5 Å². The molecule has 3 aromatic rings. The molecule has 1 fully saturated rings. The molecule has 0 unspecified atom stereocenters. The van der Waals surface area contributed by atoms with Crippen LogP contribution in [-0.2, 0) is 15.0 Å². The van der Waals surface area contributed by atoms with Gasteiger partial charge in [0.15, 0.2) is 0 Å². The minimum atomic E-state index is -0.630. The number of benzene rings is 2. The number of rotatable bonds is 1. The van der Waals surface area contributed by atoms with Crippen LogP contribution < -0.4 is 9.64 Å². The molecule has 0 radical (unpaired) electrons. The van der Waals surface area contributed by atoms with Gasteiger partial charge >= 0.3 is 203 Å². The summed E-state index contributed by atoms with van der Waals surface area (Å²) in [4.78, 5) is 41.7. The first kappa shape index (κ1) is 21.0. The number of carbonyl (C=O) groups excluding carboxylic acids is 3. The third-order valence-corrected chi connectivity index (χ3v) is 8.97. The van der Waals surface area contributed by atoms with Gasteiger partial charge in [0.05, 0.1) is 0 Å². The Bertz CT molecular complexity index is 1440. The predicted octanol–water partition coefficient (Wildman–Crippen LogP) is 4.39. The topological polar surface area (TPSA) is 70.2 Å². The van der Waals surface area contributed by atoms with Gasteiger partial charge in [-0.2, -0.15) is 0 Å². The zero-order chi connectivity index (χ0) is 23.9. The van der Waals surface area contributed by atoms with Crippen molar-refractivity contribution in [3.63, 3.8) is 0 Å². The van der Waals surface area contributed by atoms with Crippen LogP contribution in [0, 0.1) is 0 Å². The van der Waals surface area contributed by atoms with Crippen LogP contribution in [-0.4, -0.2) is 56.2 Å². The molecule has 1 saturated heterocycles. The number of hydrogen-bond acceptors (Lipinski definition) is 5. The number of ether oxygens (including phenoxy) is 1. The summed E-state index contributed by atoms with van der Waals surface area (Å²) in [5.41, 5.74) is 4.38. The summed E-state index contributed by atoms with van der Waals surface area (Å²) in [7, 11) is 2.76. The molecular weight excluding hydrogens is 497 g/mol. The van der Waals surface area contributed by atoms with Crippen molar-refractivity contribution in [2.45, 2.75) is 19.3 Å². The Morgan fingerprint density at radius 1 is 0.882 bits per heavy atom. The number of hydrogen-bond donors (Lipinski definition) is 0. The predicted molar refractivity (Wildman–Crippen MR) is 129 cm³/mol. The number of nitrogens with zero attached hydrogens (tertiary/aromatic N) is 3. The number of imide groups is 2. The normalized spacial score (nSPS) is 17.8. The molecule has 34 heavy (non-hydrogen) atoms. The van der Waals surface area contributed by atoms with E-state index >= 15 is 0 Å². The molecule has 0 atom stereocenters. The third-order valence-electron chi connectivity index (χ3n) is 6.77. The minimum absolute atomic E-state index is 0.0176. The van der Waals surface area contributed by atoms with Crippen LogP contribution in [0.2, 0.25) is 0 Å². The summed E-state index contributed by atoms with van der Waals surface area (Å²) in [6.07, 6.45) is 1.61.